The Morgan fingerprint density at radius 2 is 0.669 bits per heavy atom. The maximum atomic E-state index is 13.7. The number of hydrogen-bond donors (Lipinski definition) is 12. The minimum absolute atomic E-state index is 0.0495. The molecule has 4 aromatic heterocycles. The van der Waals surface area contributed by atoms with Crippen LogP contribution in [0, 0.1) is 50.3 Å². The van der Waals surface area contributed by atoms with Crippen LogP contribution in [-0.4, -0.2) is 179 Å². The largest absolute Gasteiger partial charge is 0.480 e. The number of fused-ring (bicyclic) bond motifs is 20. The van der Waals surface area contributed by atoms with Gasteiger partial charge in [0, 0.05) is 118 Å². The molecule has 0 aliphatic carbocycles. The number of halogens is 1. The number of rotatable bonds is 20. The molecule has 16 rings (SSSR count). The molecule has 4 aromatic carbocycles. The Morgan fingerprint density at radius 1 is 0.379 bits per heavy atom. The maximum absolute atomic E-state index is 13.7. The molecule has 28 nitrogen and oxygen atoms in total. The van der Waals surface area contributed by atoms with Gasteiger partial charge in [0.1, 0.15) is 54.2 Å². The molecule has 672 valence electrons. The molecule has 12 heterocycles. The maximum Gasteiger partial charge on any atom is 0.326 e. The monoisotopic (exact) mass is 1710 g/mol. The lowest BCUT2D eigenvalue weighted by molar-refractivity contribution is -0.146. The number of carboxylic acids is 4. The second-order valence-corrected chi connectivity index (χ2v) is 33.0. The number of benzene rings is 4. The highest BCUT2D eigenvalue weighted by atomic mass is 19.1. The molecule has 4 saturated heterocycles. The van der Waals surface area contributed by atoms with E-state index in [1.54, 1.807) is 32.6 Å². The highest BCUT2D eigenvalue weighted by Gasteiger charge is 2.52. The van der Waals surface area contributed by atoms with Gasteiger partial charge in [-0.25, -0.2) is 23.6 Å². The zero-order valence-corrected chi connectivity index (χ0v) is 75.3. The van der Waals surface area contributed by atoms with Crippen LogP contribution in [0.2, 0.25) is 0 Å². The minimum atomic E-state index is -1.09. The van der Waals surface area contributed by atoms with Crippen LogP contribution >= 0.6 is 0 Å². The summed E-state index contributed by atoms with van der Waals surface area (Å²) in [5.74, 6) is -7.30. The number of nitrogens with one attached hydrogen (secondary N) is 8. The predicted molar refractivity (Wildman–Crippen MR) is 474 cm³/mol. The third-order valence-electron chi connectivity index (χ3n) is 25.9. The Labute approximate surface area is 725 Å². The Balaban J connectivity index is 0.000000182. The topological polar surface area (TPSA) is 410 Å². The lowest BCUT2D eigenvalue weighted by Gasteiger charge is -2.37. The van der Waals surface area contributed by atoms with Crippen molar-refractivity contribution in [1.29, 1.82) is 0 Å². The van der Waals surface area contributed by atoms with Crippen LogP contribution in [-0.2, 0) is 83.2 Å². The van der Waals surface area contributed by atoms with Gasteiger partial charge in [-0.2, -0.15) is 0 Å². The molecule has 8 aromatic rings. The zero-order valence-electron chi connectivity index (χ0n) is 75.3. The number of carbonyl (C=O) groups is 12. The van der Waals surface area contributed by atoms with Gasteiger partial charge in [0.25, 0.3) is 0 Å². The van der Waals surface area contributed by atoms with E-state index in [-0.39, 0.29) is 101 Å². The van der Waals surface area contributed by atoms with Gasteiger partial charge in [0.05, 0.1) is 24.2 Å². The van der Waals surface area contributed by atoms with Crippen molar-refractivity contribution in [3.8, 4) is 0 Å². The van der Waals surface area contributed by atoms with Gasteiger partial charge in [0.15, 0.2) is 0 Å². The van der Waals surface area contributed by atoms with Gasteiger partial charge in [-0.05, 0) is 146 Å². The van der Waals surface area contributed by atoms with Gasteiger partial charge in [-0.15, -0.1) is 0 Å². The zero-order chi connectivity index (χ0) is 91.5. The smallest absolute Gasteiger partial charge is 0.326 e. The molecule has 16 atom stereocenters. The van der Waals surface area contributed by atoms with Crippen LogP contribution in [0.15, 0.2) is 72.8 Å². The van der Waals surface area contributed by atoms with Gasteiger partial charge < -0.3 is 81.2 Å². The van der Waals surface area contributed by atoms with E-state index in [0.717, 1.165) is 99.8 Å². The van der Waals surface area contributed by atoms with Crippen molar-refractivity contribution in [2.45, 2.75) is 307 Å². The summed E-state index contributed by atoms with van der Waals surface area (Å²) in [6, 6.07) is 15.3. The highest BCUT2D eigenvalue weighted by Crippen LogP contribution is 2.49. The van der Waals surface area contributed by atoms with Crippen molar-refractivity contribution in [2.24, 2.45) is 23.7 Å². The standard InChI is InChI=1S/3C22H27N3O4.C21H24FN3O4.4C2H6/c1-4-12(3)19(22(28)29)24-21(27)17-10-14-13-9-11(2)5-6-15(13)23-20(14)16-7-8-18(26)25(16)17;1-4-12(3)19(22(28)29)24-21(27)17-10-14-13-6-5-11(2)9-15(13)23-20(14)16-7-8-18(26)25(16)17;1-4-11(2)19(22(28)29)24-21(27)16-10-13-18-12(3)6-5-7-14(18)23-20(13)15-8-9-17(26)25(15)16;1-3-10(2)18(21(28)29)24-20(27)16-9-13-12-5-4-11(22)8-14(12)23-19(13)15-6-7-17(26)25(15)16;4*1-2/h2*5-6,9,12,16-17,19,23H,4,7-8,10H2,1-3H3,(H,24,27)(H,28,29);5-7,11,15-16,19,23H,4,8-10H2,1-3H3,(H,24,27)(H,28,29);4-5,8,10,15-16,18,23H,3,6-7,9H2,1-2H3,(H,24,27)(H,28,29);4*1-2H3/t2*12-,16+,17-,19-;11-,15+,16-,19-;10-,15+,16-,18-;;;;/m0000..../s1. The molecule has 12 N–H and O–H groups in total. The SMILES string of the molecule is CC.CC.CC.CC.CC[C@H](C)[C@H](NC(=O)[C@@H]1Cc2c([nH]c3cc(C)ccc23)[C@H]2CCC(=O)N21)C(=O)O.CC[C@H](C)[C@H](NC(=O)[C@@H]1Cc2c([nH]c3cc(F)ccc23)[C@H]2CCC(=O)N21)C(=O)O.CC[C@H](C)[C@H](NC(=O)[C@@H]1Cc2c([nH]c3ccc(C)cc23)[C@H]2CCC(=O)N21)C(=O)O.CC[C@H](C)[C@H](NC(=O)[C@@H]1Cc2c([nH]c3cccc(C)c23)[C@H]2CCC(=O)N21)C(=O)O. The third-order valence-corrected chi connectivity index (χ3v) is 25.9. The second-order valence-electron chi connectivity index (χ2n) is 33.0. The summed E-state index contributed by atoms with van der Waals surface area (Å²) >= 11 is 0. The number of amides is 8. The van der Waals surface area contributed by atoms with Crippen molar-refractivity contribution in [3.63, 3.8) is 0 Å². The molecule has 8 amide bonds. The molecule has 0 spiro atoms. The first kappa shape index (κ1) is 96.4. The third kappa shape index (κ3) is 19.4. The van der Waals surface area contributed by atoms with Crippen molar-refractivity contribution >= 4 is 115 Å². The van der Waals surface area contributed by atoms with E-state index in [0.29, 0.717) is 102 Å². The molecule has 0 saturated carbocycles. The van der Waals surface area contributed by atoms with Gasteiger partial charge >= 0.3 is 23.9 Å². The summed E-state index contributed by atoms with van der Waals surface area (Å²) in [6.07, 6.45) is 8.02. The minimum Gasteiger partial charge on any atom is -0.480 e. The van der Waals surface area contributed by atoms with E-state index in [9.17, 15) is 82.4 Å². The first-order valence-electron chi connectivity index (χ1n) is 44.8. The first-order chi connectivity index (χ1) is 59.3. The van der Waals surface area contributed by atoms with Crippen LogP contribution < -0.4 is 21.3 Å². The Bertz CT molecular complexity index is 5080. The van der Waals surface area contributed by atoms with Crippen molar-refractivity contribution in [2.75, 3.05) is 0 Å². The number of carboxylic acid groups (broad SMARTS) is 4. The number of H-pyrrole nitrogens is 4. The fourth-order valence-electron chi connectivity index (χ4n) is 18.8. The number of aliphatic carboxylic acids is 4. The lowest BCUT2D eigenvalue weighted by atomic mass is 9.90. The lowest BCUT2D eigenvalue weighted by Crippen LogP contribution is -2.56. The van der Waals surface area contributed by atoms with E-state index in [2.05, 4.69) is 59.4 Å². The summed E-state index contributed by atoms with van der Waals surface area (Å²) in [5.41, 5.74) is 15.0. The molecular formula is C95H129FN12O16. The van der Waals surface area contributed by atoms with E-state index in [4.69, 9.17) is 0 Å². The van der Waals surface area contributed by atoms with Crippen molar-refractivity contribution < 1.29 is 82.4 Å². The van der Waals surface area contributed by atoms with Crippen LogP contribution in [0.4, 0.5) is 4.39 Å². The molecule has 4 fully saturated rings. The van der Waals surface area contributed by atoms with Crippen LogP contribution in [0.5, 0.6) is 0 Å². The first-order valence-corrected chi connectivity index (χ1v) is 44.8. The highest BCUT2D eigenvalue weighted by molar-refractivity contribution is 6.00. The van der Waals surface area contributed by atoms with Gasteiger partial charge in [-0.1, -0.05) is 172 Å². The van der Waals surface area contributed by atoms with Gasteiger partial charge in [-0.3, -0.25) is 38.4 Å². The Morgan fingerprint density at radius 3 is 1.02 bits per heavy atom. The molecule has 8 aliphatic heterocycles. The fourth-order valence-corrected chi connectivity index (χ4v) is 18.8. The summed E-state index contributed by atoms with van der Waals surface area (Å²) in [5, 5.41) is 53.1. The number of aromatic amines is 4. The molecule has 29 heteroatoms. The number of aryl methyl sites for hydroxylation is 3. The Kier molecular flexibility index (Phi) is 32.6. The van der Waals surface area contributed by atoms with Gasteiger partial charge in [0.2, 0.25) is 47.3 Å². The fraction of sp³-hybridized carbons (Fsp3) is 0.537. The molecule has 0 radical (unpaired) electrons. The van der Waals surface area contributed by atoms with E-state index < -0.39 is 78.1 Å². The molecule has 0 unspecified atom stereocenters. The summed E-state index contributed by atoms with van der Waals surface area (Å²) < 4.78 is 13.7. The van der Waals surface area contributed by atoms with E-state index in [1.807, 2.05) is 161 Å². The van der Waals surface area contributed by atoms with Crippen LogP contribution in [0.3, 0.4) is 0 Å². The predicted octanol–water partition coefficient (Wildman–Crippen LogP) is 14.7. The number of nitrogens with zero attached hydrogens (tertiary/aromatic N) is 4. The molecule has 8 aliphatic rings. The normalized spacial score (nSPS) is 21.6. The molecule has 124 heavy (non-hydrogen) atoms. The summed E-state index contributed by atoms with van der Waals surface area (Å²) in [7, 11) is 0. The van der Waals surface area contributed by atoms with E-state index >= 15 is 0 Å². The molecular weight excluding hydrogens is 1580 g/mol. The number of hydrogen-bond acceptors (Lipinski definition) is 12. The second kappa shape index (κ2) is 41.9. The summed E-state index contributed by atoms with van der Waals surface area (Å²) in [6.45, 7) is 36.9. The van der Waals surface area contributed by atoms with Crippen molar-refractivity contribution in [3.05, 3.63) is 140 Å². The van der Waals surface area contributed by atoms with E-state index in [1.165, 1.54) is 12.1 Å². The van der Waals surface area contributed by atoms with Crippen molar-refractivity contribution in [1.82, 2.24) is 60.8 Å². The number of aromatic nitrogens is 4. The van der Waals surface area contributed by atoms with Crippen LogP contribution in [0.25, 0.3) is 43.6 Å². The quantitative estimate of drug-likeness (QED) is 0.0337. The average molecular weight is 1710 g/mol. The number of carbonyl (C=O) groups excluding carboxylic acids is 8. The van der Waals surface area contributed by atoms with Crippen LogP contribution in [0.1, 0.15) is 274 Å². The average Bonchev–Trinajstić information content (AvgIpc) is 1.56. The summed E-state index contributed by atoms with van der Waals surface area (Å²) in [4.78, 5) is 170. The molecule has 0 bridgehead atoms. The Hall–Kier alpha value is -11.4.